The molecule has 0 bridgehead atoms. The van der Waals surface area contributed by atoms with Gasteiger partial charge in [-0.05, 0) is 13.3 Å². The van der Waals surface area contributed by atoms with Crippen LogP contribution in [-0.4, -0.2) is 32.8 Å². The topological polar surface area (TPSA) is 110 Å². The zero-order valence-corrected chi connectivity index (χ0v) is 10.5. The number of hydrogen-bond donors (Lipinski definition) is 3. The van der Waals surface area contributed by atoms with E-state index in [-0.39, 0.29) is 18.4 Å². The minimum absolute atomic E-state index is 0.0857. The van der Waals surface area contributed by atoms with Crippen LogP contribution in [0.2, 0.25) is 0 Å². The number of amides is 1. The highest BCUT2D eigenvalue weighted by Crippen LogP contribution is 2.12. The maximum atomic E-state index is 11.6. The van der Waals surface area contributed by atoms with Gasteiger partial charge in [-0.15, -0.1) is 0 Å². The van der Waals surface area contributed by atoms with Gasteiger partial charge in [0.05, 0.1) is 6.20 Å². The fraction of sp³-hybridized carbons (Fsp3) is 0.545. The van der Waals surface area contributed by atoms with Crippen molar-refractivity contribution in [2.45, 2.75) is 31.8 Å². The fourth-order valence-electron chi connectivity index (χ4n) is 1.47. The van der Waals surface area contributed by atoms with Crippen molar-refractivity contribution in [3.05, 3.63) is 18.0 Å². The third-order valence-electron chi connectivity index (χ3n) is 2.44. The number of aryl methyl sites for hydroxylation is 1. The lowest BCUT2D eigenvalue weighted by Gasteiger charge is -2.13. The molecule has 0 aliphatic rings. The van der Waals surface area contributed by atoms with E-state index in [9.17, 15) is 9.59 Å². The summed E-state index contributed by atoms with van der Waals surface area (Å²) in [5.41, 5.74) is 5.98. The minimum atomic E-state index is -1.11. The largest absolute Gasteiger partial charge is 0.479 e. The number of nitrogens with zero attached hydrogens (tertiary/aromatic N) is 2. The quantitative estimate of drug-likeness (QED) is 0.650. The van der Waals surface area contributed by atoms with Crippen LogP contribution in [0.15, 0.2) is 12.4 Å². The van der Waals surface area contributed by atoms with Crippen molar-refractivity contribution < 1.29 is 14.7 Å². The SMILES string of the molecule is CC(N)CCC(=O)NC(C(=O)O)c1cnn(C)c1. The monoisotopic (exact) mass is 254 g/mol. The Bertz CT molecular complexity index is 428. The Morgan fingerprint density at radius 1 is 1.61 bits per heavy atom. The first-order valence-corrected chi connectivity index (χ1v) is 5.66. The maximum absolute atomic E-state index is 11.6. The fourth-order valence-corrected chi connectivity index (χ4v) is 1.47. The van der Waals surface area contributed by atoms with Gasteiger partial charge in [-0.3, -0.25) is 9.48 Å². The first kappa shape index (κ1) is 14.2. The molecule has 1 rings (SSSR count). The highest BCUT2D eigenvalue weighted by molar-refractivity contribution is 5.84. The Morgan fingerprint density at radius 3 is 2.72 bits per heavy atom. The number of aromatic nitrogens is 2. The molecule has 0 spiro atoms. The van der Waals surface area contributed by atoms with Crippen molar-refractivity contribution in [1.29, 1.82) is 0 Å². The molecule has 1 aromatic rings. The Kier molecular flexibility index (Phi) is 4.85. The molecule has 0 fully saturated rings. The van der Waals surface area contributed by atoms with E-state index in [0.717, 1.165) is 0 Å². The molecule has 2 unspecified atom stereocenters. The molecule has 2 atom stereocenters. The van der Waals surface area contributed by atoms with Gasteiger partial charge in [0.15, 0.2) is 6.04 Å². The molecule has 0 aliphatic heterocycles. The molecule has 1 heterocycles. The molecular formula is C11H18N4O3. The van der Waals surface area contributed by atoms with Crippen molar-refractivity contribution in [1.82, 2.24) is 15.1 Å². The summed E-state index contributed by atoms with van der Waals surface area (Å²) in [7, 11) is 1.68. The molecule has 7 nitrogen and oxygen atoms in total. The molecule has 0 aromatic carbocycles. The van der Waals surface area contributed by atoms with E-state index >= 15 is 0 Å². The number of nitrogens with two attached hydrogens (primary N) is 1. The summed E-state index contributed by atoms with van der Waals surface area (Å²) in [5.74, 6) is -1.44. The van der Waals surface area contributed by atoms with Crippen LogP contribution in [0.3, 0.4) is 0 Å². The van der Waals surface area contributed by atoms with Crippen LogP contribution in [0, 0.1) is 0 Å². The van der Waals surface area contributed by atoms with Gasteiger partial charge < -0.3 is 16.2 Å². The molecule has 7 heteroatoms. The summed E-state index contributed by atoms with van der Waals surface area (Å²) >= 11 is 0. The summed E-state index contributed by atoms with van der Waals surface area (Å²) in [6.45, 7) is 1.79. The smallest absolute Gasteiger partial charge is 0.331 e. The number of rotatable bonds is 6. The van der Waals surface area contributed by atoms with Gasteiger partial charge in [-0.25, -0.2) is 4.79 Å². The number of carbonyl (C=O) groups is 2. The molecule has 0 saturated heterocycles. The molecule has 1 amide bonds. The Labute approximate surface area is 105 Å². The van der Waals surface area contributed by atoms with Gasteiger partial charge >= 0.3 is 5.97 Å². The number of nitrogens with one attached hydrogen (secondary N) is 1. The van der Waals surface area contributed by atoms with Gasteiger partial charge in [0.2, 0.25) is 5.91 Å². The third kappa shape index (κ3) is 4.17. The lowest BCUT2D eigenvalue weighted by atomic mass is 10.1. The van der Waals surface area contributed by atoms with Gasteiger partial charge in [-0.2, -0.15) is 5.10 Å². The molecule has 0 saturated carbocycles. The molecular weight excluding hydrogens is 236 g/mol. The standard InChI is InChI=1S/C11H18N4O3/c1-7(12)3-4-9(16)14-10(11(17)18)8-5-13-15(2)6-8/h5-7,10H,3-4,12H2,1-2H3,(H,14,16)(H,17,18). The van der Waals surface area contributed by atoms with Crippen molar-refractivity contribution >= 4 is 11.9 Å². The van der Waals surface area contributed by atoms with E-state index in [1.165, 1.54) is 10.9 Å². The van der Waals surface area contributed by atoms with Gasteiger partial charge in [0.25, 0.3) is 0 Å². The minimum Gasteiger partial charge on any atom is -0.479 e. The second kappa shape index (κ2) is 6.15. The van der Waals surface area contributed by atoms with Crippen LogP contribution in [0.4, 0.5) is 0 Å². The summed E-state index contributed by atoms with van der Waals surface area (Å²) < 4.78 is 1.49. The Balaban J connectivity index is 2.64. The van der Waals surface area contributed by atoms with Gasteiger partial charge in [-0.1, -0.05) is 0 Å². The van der Waals surface area contributed by atoms with Crippen LogP contribution in [0.25, 0.3) is 0 Å². The Hall–Kier alpha value is -1.89. The van der Waals surface area contributed by atoms with E-state index < -0.39 is 12.0 Å². The summed E-state index contributed by atoms with van der Waals surface area (Å²) in [4.78, 5) is 22.7. The lowest BCUT2D eigenvalue weighted by Crippen LogP contribution is -2.34. The van der Waals surface area contributed by atoms with Crippen molar-refractivity contribution in [3.63, 3.8) is 0 Å². The number of aliphatic carboxylic acids is 1. The first-order chi connectivity index (χ1) is 8.40. The number of carboxylic acid groups (broad SMARTS) is 1. The molecule has 0 radical (unpaired) electrons. The second-order valence-corrected chi connectivity index (χ2v) is 4.30. The van der Waals surface area contributed by atoms with Crippen molar-refractivity contribution in [2.75, 3.05) is 0 Å². The van der Waals surface area contributed by atoms with Crippen molar-refractivity contribution in [3.8, 4) is 0 Å². The van der Waals surface area contributed by atoms with Crippen LogP contribution in [0.5, 0.6) is 0 Å². The van der Waals surface area contributed by atoms with E-state index in [1.54, 1.807) is 20.2 Å². The maximum Gasteiger partial charge on any atom is 0.331 e. The van der Waals surface area contributed by atoms with Gasteiger partial charge in [0.1, 0.15) is 0 Å². The molecule has 4 N–H and O–H groups in total. The average Bonchev–Trinajstić information content (AvgIpc) is 2.69. The van der Waals surface area contributed by atoms with Crippen LogP contribution < -0.4 is 11.1 Å². The normalized spacial score (nSPS) is 13.9. The highest BCUT2D eigenvalue weighted by atomic mass is 16.4. The third-order valence-corrected chi connectivity index (χ3v) is 2.44. The first-order valence-electron chi connectivity index (χ1n) is 5.66. The number of carbonyl (C=O) groups excluding carboxylic acids is 1. The molecule has 0 aliphatic carbocycles. The second-order valence-electron chi connectivity index (χ2n) is 4.30. The van der Waals surface area contributed by atoms with Crippen LogP contribution >= 0.6 is 0 Å². The predicted octanol–water partition coefficient (Wildman–Crippen LogP) is -0.211. The molecule has 1 aromatic heterocycles. The average molecular weight is 254 g/mol. The highest BCUT2D eigenvalue weighted by Gasteiger charge is 2.23. The van der Waals surface area contributed by atoms with E-state index in [0.29, 0.717) is 12.0 Å². The lowest BCUT2D eigenvalue weighted by molar-refractivity contribution is -0.142. The number of hydrogen-bond acceptors (Lipinski definition) is 4. The summed E-state index contributed by atoms with van der Waals surface area (Å²) in [6, 6.07) is -1.16. The number of carboxylic acids is 1. The predicted molar refractivity (Wildman–Crippen MR) is 64.6 cm³/mol. The van der Waals surface area contributed by atoms with Crippen molar-refractivity contribution in [2.24, 2.45) is 12.8 Å². The Morgan fingerprint density at radius 2 is 2.28 bits per heavy atom. The van der Waals surface area contributed by atoms with Gasteiger partial charge in [0, 0.05) is 31.3 Å². The van der Waals surface area contributed by atoms with E-state index in [1.807, 2.05) is 0 Å². The van der Waals surface area contributed by atoms with E-state index in [4.69, 9.17) is 10.8 Å². The molecule has 18 heavy (non-hydrogen) atoms. The van der Waals surface area contributed by atoms with Crippen LogP contribution in [-0.2, 0) is 16.6 Å². The molecule has 100 valence electrons. The summed E-state index contributed by atoms with van der Waals surface area (Å²) in [5, 5.41) is 15.4. The van der Waals surface area contributed by atoms with E-state index in [2.05, 4.69) is 10.4 Å². The summed E-state index contributed by atoms with van der Waals surface area (Å²) in [6.07, 6.45) is 3.71. The zero-order valence-electron chi connectivity index (χ0n) is 10.5. The zero-order chi connectivity index (χ0) is 13.7. The van der Waals surface area contributed by atoms with Crippen LogP contribution in [0.1, 0.15) is 31.4 Å².